The highest BCUT2D eigenvalue weighted by Gasteiger charge is 2.34. The second-order valence-electron chi connectivity index (χ2n) is 5.25. The van der Waals surface area contributed by atoms with E-state index in [4.69, 9.17) is 0 Å². The van der Waals surface area contributed by atoms with Crippen LogP contribution in [0.15, 0.2) is 59.6 Å². The molecule has 2 heterocycles. The van der Waals surface area contributed by atoms with Crippen LogP contribution in [0.25, 0.3) is 11.3 Å². The number of aromatic amines is 1. The number of amides is 1. The molecule has 5 heteroatoms. The maximum atomic E-state index is 12.4. The van der Waals surface area contributed by atoms with Crippen molar-refractivity contribution in [3.05, 3.63) is 71.3 Å². The molecule has 5 nitrogen and oxygen atoms in total. The average molecular weight is 304 g/mol. The highest BCUT2D eigenvalue weighted by molar-refractivity contribution is 6.31. The number of H-pyrrole nitrogens is 1. The van der Waals surface area contributed by atoms with E-state index in [1.807, 2.05) is 30.3 Å². The van der Waals surface area contributed by atoms with Crippen molar-refractivity contribution in [1.82, 2.24) is 4.98 Å². The summed E-state index contributed by atoms with van der Waals surface area (Å²) in [5.74, 6) is -0.561. The summed E-state index contributed by atoms with van der Waals surface area (Å²) in [5.41, 5.74) is 2.65. The Kier molecular flexibility index (Phi) is 2.81. The van der Waals surface area contributed by atoms with Crippen LogP contribution in [0.4, 0.5) is 0 Å². The number of carbonyl (C=O) groups excluding carboxylic acids is 1. The first-order chi connectivity index (χ1) is 11.2. The first-order valence-corrected chi connectivity index (χ1v) is 7.09. The number of carbonyl (C=O) groups is 1. The molecule has 0 unspecified atom stereocenters. The van der Waals surface area contributed by atoms with Crippen LogP contribution < -0.4 is 0 Å². The lowest BCUT2D eigenvalue weighted by atomic mass is 10.00. The van der Waals surface area contributed by atoms with Crippen LogP contribution in [0.3, 0.4) is 0 Å². The van der Waals surface area contributed by atoms with Crippen LogP contribution in [0.1, 0.15) is 21.5 Å². The molecule has 0 saturated carbocycles. The van der Waals surface area contributed by atoms with Gasteiger partial charge in [0.15, 0.2) is 5.88 Å². The molecule has 3 N–H and O–H groups in total. The lowest BCUT2D eigenvalue weighted by molar-refractivity contribution is 0.101. The molecule has 0 atom stereocenters. The third-order valence-corrected chi connectivity index (χ3v) is 3.87. The van der Waals surface area contributed by atoms with Gasteiger partial charge >= 0.3 is 0 Å². The van der Waals surface area contributed by atoms with Crippen LogP contribution in [-0.2, 0) is 0 Å². The van der Waals surface area contributed by atoms with Gasteiger partial charge in [-0.15, -0.1) is 0 Å². The fourth-order valence-corrected chi connectivity index (χ4v) is 2.83. The summed E-state index contributed by atoms with van der Waals surface area (Å²) in [6.45, 7) is 0. The number of nitrogens with one attached hydrogen (secondary N) is 1. The second-order valence-corrected chi connectivity index (χ2v) is 5.25. The number of rotatable bonds is 2. The molecule has 1 aromatic heterocycles. The Bertz CT molecular complexity index is 956. The number of hydrogen-bond acceptors (Lipinski definition) is 3. The van der Waals surface area contributed by atoms with Gasteiger partial charge in [-0.3, -0.25) is 4.79 Å². The minimum Gasteiger partial charge on any atom is -0.507 e. The third-order valence-electron chi connectivity index (χ3n) is 3.87. The Morgan fingerprint density at radius 3 is 2.30 bits per heavy atom. The van der Waals surface area contributed by atoms with Gasteiger partial charge in [0.2, 0.25) is 0 Å². The molecule has 0 aliphatic carbocycles. The van der Waals surface area contributed by atoms with Gasteiger partial charge in [0, 0.05) is 5.56 Å². The van der Waals surface area contributed by atoms with E-state index >= 15 is 0 Å². The normalized spacial score (nSPS) is 13.0. The summed E-state index contributed by atoms with van der Waals surface area (Å²) in [4.78, 5) is 19.3. The number of benzene rings is 2. The maximum absolute atomic E-state index is 12.4. The Balaban J connectivity index is 1.94. The van der Waals surface area contributed by atoms with Crippen LogP contribution in [0, 0.1) is 0 Å². The number of aromatic hydroxyl groups is 2. The summed E-state index contributed by atoms with van der Waals surface area (Å²) in [5, 5.41) is 20.3. The molecule has 0 saturated heterocycles. The second kappa shape index (κ2) is 4.84. The van der Waals surface area contributed by atoms with Gasteiger partial charge in [0.1, 0.15) is 5.75 Å². The summed E-state index contributed by atoms with van der Waals surface area (Å²) in [6.07, 6.45) is 0. The molecule has 1 aliphatic heterocycles. The molecule has 112 valence electrons. The van der Waals surface area contributed by atoms with E-state index in [0.717, 1.165) is 5.56 Å². The minimum absolute atomic E-state index is 0.00811. The van der Waals surface area contributed by atoms with Gasteiger partial charge in [-0.1, -0.05) is 42.5 Å². The molecular weight excluding hydrogens is 292 g/mol. The Morgan fingerprint density at radius 2 is 1.57 bits per heavy atom. The number of nitrogens with zero attached hydrogens (tertiary/aromatic N) is 1. The molecular formula is C18H12N2O3. The molecule has 1 aliphatic rings. The van der Waals surface area contributed by atoms with Crippen molar-refractivity contribution in [2.24, 2.45) is 4.99 Å². The molecule has 0 radical (unpaired) electrons. The molecule has 23 heavy (non-hydrogen) atoms. The summed E-state index contributed by atoms with van der Waals surface area (Å²) in [7, 11) is 0. The Labute approximate surface area is 131 Å². The Morgan fingerprint density at radius 1 is 0.870 bits per heavy atom. The van der Waals surface area contributed by atoms with Crippen molar-refractivity contribution >= 4 is 11.6 Å². The van der Waals surface area contributed by atoms with Crippen LogP contribution in [0.2, 0.25) is 0 Å². The number of para-hydroxylation sites is 1. The van der Waals surface area contributed by atoms with E-state index in [0.29, 0.717) is 22.4 Å². The lowest BCUT2D eigenvalue weighted by Crippen LogP contribution is -2.00. The zero-order valence-electron chi connectivity index (χ0n) is 11.9. The molecule has 2 aromatic carbocycles. The molecule has 0 spiro atoms. The molecule has 0 fully saturated rings. The van der Waals surface area contributed by atoms with Gasteiger partial charge in [0.05, 0.1) is 22.5 Å². The van der Waals surface area contributed by atoms with Crippen molar-refractivity contribution < 1.29 is 15.0 Å². The SMILES string of the molecule is O=C1N=C(c2ccccc2O)c2c(O)[nH]c(-c3ccccc3)c21. The number of hydrogen-bond donors (Lipinski definition) is 3. The largest absolute Gasteiger partial charge is 0.507 e. The van der Waals surface area contributed by atoms with Crippen molar-refractivity contribution in [2.75, 3.05) is 0 Å². The molecule has 4 rings (SSSR count). The monoisotopic (exact) mass is 304 g/mol. The first-order valence-electron chi connectivity index (χ1n) is 7.09. The average Bonchev–Trinajstić information content (AvgIpc) is 3.08. The van der Waals surface area contributed by atoms with Gasteiger partial charge in [-0.2, -0.15) is 0 Å². The van der Waals surface area contributed by atoms with Crippen molar-refractivity contribution in [1.29, 1.82) is 0 Å². The van der Waals surface area contributed by atoms with Gasteiger partial charge < -0.3 is 15.2 Å². The predicted octanol–water partition coefficient (Wildman–Crippen LogP) is 3.08. The fourth-order valence-electron chi connectivity index (χ4n) is 2.83. The van der Waals surface area contributed by atoms with Gasteiger partial charge in [0.25, 0.3) is 5.91 Å². The number of aliphatic imine (C=N–C) groups is 1. The molecule has 0 bridgehead atoms. The zero-order valence-corrected chi connectivity index (χ0v) is 11.9. The molecule has 3 aromatic rings. The van der Waals surface area contributed by atoms with E-state index in [1.54, 1.807) is 18.2 Å². The number of fused-ring (bicyclic) bond motifs is 1. The van der Waals surface area contributed by atoms with E-state index in [1.165, 1.54) is 6.07 Å². The van der Waals surface area contributed by atoms with E-state index < -0.39 is 5.91 Å². The first kappa shape index (κ1) is 13.3. The lowest BCUT2D eigenvalue weighted by Gasteiger charge is -2.03. The highest BCUT2D eigenvalue weighted by Crippen LogP contribution is 2.39. The van der Waals surface area contributed by atoms with Crippen LogP contribution in [0.5, 0.6) is 11.6 Å². The minimum atomic E-state index is -0.436. The molecule has 1 amide bonds. The van der Waals surface area contributed by atoms with E-state index in [-0.39, 0.29) is 17.3 Å². The van der Waals surface area contributed by atoms with Crippen molar-refractivity contribution in [2.45, 2.75) is 0 Å². The predicted molar refractivity (Wildman–Crippen MR) is 86.0 cm³/mol. The van der Waals surface area contributed by atoms with Crippen molar-refractivity contribution in [3.63, 3.8) is 0 Å². The van der Waals surface area contributed by atoms with Gasteiger partial charge in [-0.25, -0.2) is 4.99 Å². The van der Waals surface area contributed by atoms with Crippen molar-refractivity contribution in [3.8, 4) is 22.9 Å². The standard InChI is InChI=1S/C18H12N2O3/c21-12-9-5-4-8-11(12)16-14-13(17(22)20-16)15(19-18(14)23)10-6-2-1-3-7-10/h1-9,19,21,23H. The highest BCUT2D eigenvalue weighted by atomic mass is 16.3. The maximum Gasteiger partial charge on any atom is 0.280 e. The summed E-state index contributed by atoms with van der Waals surface area (Å²) in [6, 6.07) is 15.9. The number of aromatic nitrogens is 1. The Hall–Kier alpha value is -3.34. The quantitative estimate of drug-likeness (QED) is 0.680. The zero-order chi connectivity index (χ0) is 16.0. The third kappa shape index (κ3) is 1.94. The van der Waals surface area contributed by atoms with E-state index in [2.05, 4.69) is 9.98 Å². The van der Waals surface area contributed by atoms with Gasteiger partial charge in [-0.05, 0) is 17.7 Å². The topological polar surface area (TPSA) is 85.7 Å². The number of phenols is 1. The smallest absolute Gasteiger partial charge is 0.280 e. The van der Waals surface area contributed by atoms with Crippen LogP contribution in [-0.4, -0.2) is 26.8 Å². The summed E-state index contributed by atoms with van der Waals surface area (Å²) < 4.78 is 0. The van der Waals surface area contributed by atoms with Crippen LogP contribution >= 0.6 is 0 Å². The number of phenolic OH excluding ortho intramolecular Hbond substituents is 1. The summed E-state index contributed by atoms with van der Waals surface area (Å²) >= 11 is 0. The van der Waals surface area contributed by atoms with E-state index in [9.17, 15) is 15.0 Å². The fraction of sp³-hybridized carbons (Fsp3) is 0.